The summed E-state index contributed by atoms with van der Waals surface area (Å²) in [6.45, 7) is 4.13. The Kier molecular flexibility index (Phi) is 4.36. The van der Waals surface area contributed by atoms with Crippen LogP contribution in [0, 0.1) is 0 Å². The minimum Gasteiger partial charge on any atom is -0.508 e. The second kappa shape index (κ2) is 7.39. The van der Waals surface area contributed by atoms with E-state index in [-0.39, 0.29) is 5.75 Å². The molecule has 0 amide bonds. The van der Waals surface area contributed by atoms with E-state index in [4.69, 9.17) is 8.83 Å². The van der Waals surface area contributed by atoms with Crippen LogP contribution in [-0.2, 0) is 0 Å². The molecule has 5 aromatic rings. The number of oxazole rings is 2. The molecule has 0 atom stereocenters. The number of hydrogen-bond donors (Lipinski definition) is 1. The fraction of sp³-hybridized carbons (Fsp3) is 0.200. The number of aromatic hydroxyl groups is 1. The maximum Gasteiger partial charge on any atom is 0.227 e. The van der Waals surface area contributed by atoms with Crippen LogP contribution >= 0.6 is 0 Å². The molecule has 1 saturated heterocycles. The van der Waals surface area contributed by atoms with Crippen molar-refractivity contribution in [2.75, 3.05) is 38.1 Å². The van der Waals surface area contributed by atoms with Gasteiger partial charge in [0, 0.05) is 49.1 Å². The van der Waals surface area contributed by atoms with E-state index in [9.17, 15) is 5.11 Å². The van der Waals surface area contributed by atoms with Gasteiger partial charge >= 0.3 is 0 Å². The van der Waals surface area contributed by atoms with E-state index < -0.39 is 0 Å². The van der Waals surface area contributed by atoms with Crippen LogP contribution in [0.2, 0.25) is 0 Å². The Morgan fingerprint density at radius 2 is 1.31 bits per heavy atom. The molecule has 1 fully saturated rings. The predicted octanol–water partition coefficient (Wildman–Crippen LogP) is 4.76. The number of hydrogen-bond acceptors (Lipinski definition) is 7. The molecule has 0 bridgehead atoms. The van der Waals surface area contributed by atoms with E-state index in [1.54, 1.807) is 24.3 Å². The molecule has 6 rings (SSSR count). The van der Waals surface area contributed by atoms with E-state index in [2.05, 4.69) is 38.9 Å². The lowest BCUT2D eigenvalue weighted by atomic mass is 10.2. The van der Waals surface area contributed by atoms with Gasteiger partial charge in [-0.15, -0.1) is 0 Å². The van der Waals surface area contributed by atoms with Gasteiger partial charge in [-0.3, -0.25) is 0 Å². The Morgan fingerprint density at radius 3 is 2.03 bits per heavy atom. The molecular weight excluding hydrogens is 404 g/mol. The van der Waals surface area contributed by atoms with Gasteiger partial charge in [0.05, 0.1) is 0 Å². The van der Waals surface area contributed by atoms with Crippen molar-refractivity contribution in [3.8, 4) is 28.7 Å². The van der Waals surface area contributed by atoms with E-state index in [0.29, 0.717) is 17.4 Å². The number of aromatic nitrogens is 2. The molecule has 0 saturated carbocycles. The second-order valence-corrected chi connectivity index (χ2v) is 8.21. The van der Waals surface area contributed by atoms with Gasteiger partial charge < -0.3 is 23.7 Å². The molecular formula is C25H22N4O3. The number of phenolic OH excluding ortho intramolecular Hbond substituents is 1. The summed E-state index contributed by atoms with van der Waals surface area (Å²) >= 11 is 0. The van der Waals surface area contributed by atoms with Gasteiger partial charge in [0.1, 0.15) is 16.8 Å². The zero-order chi connectivity index (χ0) is 21.7. The largest absolute Gasteiger partial charge is 0.508 e. The summed E-state index contributed by atoms with van der Waals surface area (Å²) in [5.74, 6) is 1.27. The molecule has 0 radical (unpaired) electrons. The molecule has 7 heteroatoms. The maximum atomic E-state index is 9.49. The van der Waals surface area contributed by atoms with Crippen LogP contribution in [-0.4, -0.2) is 53.2 Å². The number of rotatable bonds is 3. The third-order valence-corrected chi connectivity index (χ3v) is 5.99. The standard InChI is InChI=1S/C25H22N4O3/c1-28-10-12-29(13-11-28)18-5-9-21-23(15-18)32-25(27-21)17-4-8-20-22(14-17)31-24(26-20)16-2-6-19(30)7-3-16/h2-9,14-15,30H,10-13H2,1H3. The van der Waals surface area contributed by atoms with Crippen LogP contribution in [0.5, 0.6) is 5.75 Å². The van der Waals surface area contributed by atoms with Crippen molar-refractivity contribution in [3.05, 3.63) is 60.7 Å². The fourth-order valence-electron chi connectivity index (χ4n) is 4.08. The van der Waals surface area contributed by atoms with E-state index in [1.807, 2.05) is 24.3 Å². The normalized spacial score (nSPS) is 15.1. The Bertz CT molecular complexity index is 1410. The molecule has 3 heterocycles. The van der Waals surface area contributed by atoms with Gasteiger partial charge in [-0.25, -0.2) is 9.97 Å². The SMILES string of the molecule is CN1CCN(c2ccc3nc(-c4ccc5nc(-c6ccc(O)cc6)oc5c4)oc3c2)CC1. The highest BCUT2D eigenvalue weighted by Crippen LogP contribution is 2.31. The lowest BCUT2D eigenvalue weighted by molar-refractivity contribution is 0.313. The van der Waals surface area contributed by atoms with E-state index >= 15 is 0 Å². The topological polar surface area (TPSA) is 78.8 Å². The minimum atomic E-state index is 0.207. The van der Waals surface area contributed by atoms with Crippen molar-refractivity contribution >= 4 is 27.9 Å². The molecule has 1 aliphatic rings. The minimum absolute atomic E-state index is 0.207. The molecule has 2 aromatic heterocycles. The molecule has 160 valence electrons. The third-order valence-electron chi connectivity index (χ3n) is 5.99. The molecule has 32 heavy (non-hydrogen) atoms. The highest BCUT2D eigenvalue weighted by Gasteiger charge is 2.17. The number of piperazine rings is 1. The van der Waals surface area contributed by atoms with E-state index in [1.165, 1.54) is 0 Å². The molecule has 3 aromatic carbocycles. The number of benzene rings is 3. The van der Waals surface area contributed by atoms with Crippen LogP contribution < -0.4 is 4.90 Å². The summed E-state index contributed by atoms with van der Waals surface area (Å²) in [7, 11) is 2.16. The summed E-state index contributed by atoms with van der Waals surface area (Å²) in [5, 5.41) is 9.49. The molecule has 1 aliphatic heterocycles. The summed E-state index contributed by atoms with van der Waals surface area (Å²) < 4.78 is 12.1. The quantitative estimate of drug-likeness (QED) is 0.446. The molecule has 1 N–H and O–H groups in total. The smallest absolute Gasteiger partial charge is 0.227 e. The van der Waals surface area contributed by atoms with Crippen LogP contribution in [0.25, 0.3) is 45.1 Å². The van der Waals surface area contributed by atoms with Crippen LogP contribution in [0.3, 0.4) is 0 Å². The van der Waals surface area contributed by atoms with Gasteiger partial charge in [-0.05, 0) is 61.6 Å². The first-order valence-corrected chi connectivity index (χ1v) is 10.7. The lowest BCUT2D eigenvalue weighted by Gasteiger charge is -2.33. The number of anilines is 1. The lowest BCUT2D eigenvalue weighted by Crippen LogP contribution is -2.44. The zero-order valence-corrected chi connectivity index (χ0v) is 17.7. The summed E-state index contributed by atoms with van der Waals surface area (Å²) in [6.07, 6.45) is 0. The molecule has 0 unspecified atom stereocenters. The molecule has 7 nitrogen and oxygen atoms in total. The number of likely N-dealkylation sites (N-methyl/N-ethyl adjacent to an activating group) is 1. The highest BCUT2D eigenvalue weighted by atomic mass is 16.4. The summed E-state index contributed by atoms with van der Waals surface area (Å²) in [5.41, 5.74) is 5.83. The Labute approximate surface area is 184 Å². The number of fused-ring (bicyclic) bond motifs is 2. The van der Waals surface area contributed by atoms with Gasteiger partial charge in [-0.2, -0.15) is 0 Å². The Morgan fingerprint density at radius 1 is 0.719 bits per heavy atom. The van der Waals surface area contributed by atoms with Gasteiger partial charge in [-0.1, -0.05) is 0 Å². The average Bonchev–Trinajstić information content (AvgIpc) is 3.43. The Hall–Kier alpha value is -3.84. The fourth-order valence-corrected chi connectivity index (χ4v) is 4.08. The first kappa shape index (κ1) is 18.9. The van der Waals surface area contributed by atoms with Crippen molar-refractivity contribution in [1.29, 1.82) is 0 Å². The summed E-state index contributed by atoms with van der Waals surface area (Å²) in [6, 6.07) is 18.7. The first-order valence-electron chi connectivity index (χ1n) is 10.7. The monoisotopic (exact) mass is 426 g/mol. The van der Waals surface area contributed by atoms with Crippen molar-refractivity contribution in [2.24, 2.45) is 0 Å². The van der Waals surface area contributed by atoms with Crippen LogP contribution in [0.15, 0.2) is 69.5 Å². The van der Waals surface area contributed by atoms with Crippen molar-refractivity contribution in [1.82, 2.24) is 14.9 Å². The number of phenols is 1. The van der Waals surface area contributed by atoms with Crippen molar-refractivity contribution in [3.63, 3.8) is 0 Å². The van der Waals surface area contributed by atoms with E-state index in [0.717, 1.165) is 59.6 Å². The Balaban J connectivity index is 1.32. The van der Waals surface area contributed by atoms with Gasteiger partial charge in [0.15, 0.2) is 11.2 Å². The van der Waals surface area contributed by atoms with Crippen LogP contribution in [0.1, 0.15) is 0 Å². The molecule has 0 aliphatic carbocycles. The average molecular weight is 426 g/mol. The van der Waals surface area contributed by atoms with Gasteiger partial charge in [0.25, 0.3) is 0 Å². The summed E-state index contributed by atoms with van der Waals surface area (Å²) in [4.78, 5) is 14.0. The number of nitrogens with zero attached hydrogens (tertiary/aromatic N) is 4. The van der Waals surface area contributed by atoms with Crippen molar-refractivity contribution in [2.45, 2.75) is 0 Å². The third kappa shape index (κ3) is 3.36. The molecule has 0 spiro atoms. The maximum absolute atomic E-state index is 9.49. The van der Waals surface area contributed by atoms with Crippen molar-refractivity contribution < 1.29 is 13.9 Å². The zero-order valence-electron chi connectivity index (χ0n) is 17.7. The van der Waals surface area contributed by atoms with Crippen LogP contribution in [0.4, 0.5) is 5.69 Å². The first-order chi connectivity index (χ1) is 15.6. The highest BCUT2D eigenvalue weighted by molar-refractivity contribution is 5.84. The second-order valence-electron chi connectivity index (χ2n) is 8.21. The van der Waals surface area contributed by atoms with Gasteiger partial charge in [0.2, 0.25) is 11.8 Å². The predicted molar refractivity (Wildman–Crippen MR) is 124 cm³/mol.